The molecule has 0 saturated heterocycles. The van der Waals surface area contributed by atoms with Gasteiger partial charge in [-0.15, -0.1) is 11.3 Å². The van der Waals surface area contributed by atoms with Crippen molar-refractivity contribution in [2.24, 2.45) is 5.10 Å². The lowest BCUT2D eigenvalue weighted by atomic mass is 10.1. The number of nitrogens with one attached hydrogen (secondary N) is 1. The summed E-state index contributed by atoms with van der Waals surface area (Å²) in [5.41, 5.74) is 4.28. The molecule has 0 amide bonds. The maximum absolute atomic E-state index is 9.57. The van der Waals surface area contributed by atoms with Gasteiger partial charge in [0.15, 0.2) is 0 Å². The van der Waals surface area contributed by atoms with E-state index >= 15 is 0 Å². The van der Waals surface area contributed by atoms with Crippen molar-refractivity contribution in [3.05, 3.63) is 34.7 Å². The van der Waals surface area contributed by atoms with Crippen LogP contribution < -0.4 is 5.43 Å². The van der Waals surface area contributed by atoms with Gasteiger partial charge in [-0.25, -0.2) is 4.98 Å². The van der Waals surface area contributed by atoms with Crippen molar-refractivity contribution in [2.75, 3.05) is 12.0 Å². The van der Waals surface area contributed by atoms with Gasteiger partial charge in [0.25, 0.3) is 0 Å². The van der Waals surface area contributed by atoms with Crippen LogP contribution in [0.1, 0.15) is 0 Å². The summed E-state index contributed by atoms with van der Waals surface area (Å²) >= 11 is 7.15. The highest BCUT2D eigenvalue weighted by atomic mass is 35.5. The first-order valence-corrected chi connectivity index (χ1v) is 7.92. The van der Waals surface area contributed by atoms with Gasteiger partial charge in [0.1, 0.15) is 18.3 Å². The van der Waals surface area contributed by atoms with Gasteiger partial charge in [-0.2, -0.15) is 5.10 Å². The van der Waals surface area contributed by atoms with E-state index in [0.717, 1.165) is 17.5 Å². The number of benzene rings is 1. The Hall–Kier alpha value is -1.55. The van der Waals surface area contributed by atoms with Crippen molar-refractivity contribution in [3.63, 3.8) is 0 Å². The van der Waals surface area contributed by atoms with Gasteiger partial charge in [-0.1, -0.05) is 23.7 Å². The maximum Gasteiger partial charge on any atom is 0.203 e. The Morgan fingerprint density at radius 1 is 1.26 bits per heavy atom. The van der Waals surface area contributed by atoms with E-state index in [4.69, 9.17) is 16.7 Å². The van der Waals surface area contributed by atoms with Crippen LogP contribution in [0.2, 0.25) is 5.02 Å². The molecule has 0 aliphatic heterocycles. The molecular weight excluding hydrogens is 342 g/mol. The predicted molar refractivity (Wildman–Crippen MR) is 89.8 cm³/mol. The summed E-state index contributed by atoms with van der Waals surface area (Å²) in [6, 6.07) is 7.24. The highest BCUT2D eigenvalue weighted by molar-refractivity contribution is 7.14. The number of nitrogens with zero attached hydrogens (tertiary/aromatic N) is 2. The van der Waals surface area contributed by atoms with Crippen LogP contribution in [0.25, 0.3) is 11.3 Å². The summed E-state index contributed by atoms with van der Waals surface area (Å²) in [7, 11) is 0. The normalized spacial score (nSPS) is 15.5. The van der Waals surface area contributed by atoms with Crippen LogP contribution in [-0.2, 0) is 0 Å². The minimum absolute atomic E-state index is 0.496. The number of rotatable bonds is 7. The van der Waals surface area contributed by atoms with E-state index in [0.29, 0.717) is 10.2 Å². The Kier molecular flexibility index (Phi) is 6.46. The van der Waals surface area contributed by atoms with Crippen molar-refractivity contribution in [2.45, 2.75) is 18.3 Å². The van der Waals surface area contributed by atoms with Gasteiger partial charge in [0.2, 0.25) is 5.13 Å². The maximum atomic E-state index is 9.57. The second-order valence-electron chi connectivity index (χ2n) is 4.67. The van der Waals surface area contributed by atoms with E-state index < -0.39 is 24.9 Å². The number of aliphatic hydroxyl groups excluding tert-OH is 4. The Balaban J connectivity index is 1.94. The van der Waals surface area contributed by atoms with E-state index in [9.17, 15) is 15.3 Å². The molecule has 1 heterocycles. The molecule has 0 saturated carbocycles. The summed E-state index contributed by atoms with van der Waals surface area (Å²) in [6.45, 7) is -0.656. The lowest BCUT2D eigenvalue weighted by molar-refractivity contribution is -0.0541. The van der Waals surface area contributed by atoms with Crippen LogP contribution in [0.3, 0.4) is 0 Å². The minimum Gasteiger partial charge on any atom is -0.394 e. The monoisotopic (exact) mass is 357 g/mol. The summed E-state index contributed by atoms with van der Waals surface area (Å²) in [5.74, 6) is 0. The third-order valence-corrected chi connectivity index (χ3v) is 3.96. The molecule has 2 aromatic rings. The standard InChI is InChI=1S/C14H16ClN3O4S/c15-9-3-1-8(2-4-9)10-7-23-14(17-10)18-16-5-11(20)13(22)12(21)6-19/h1-5,7,11-13,19-22H,6H2,(H,17,18)/b16-5+/t11-,12+,13-/m0/s1. The largest absolute Gasteiger partial charge is 0.394 e. The summed E-state index contributed by atoms with van der Waals surface area (Å²) in [4.78, 5) is 4.32. The van der Waals surface area contributed by atoms with Crippen LogP contribution in [0.4, 0.5) is 5.13 Å². The molecule has 0 fully saturated rings. The molecule has 1 aromatic heterocycles. The number of hydrazone groups is 1. The zero-order valence-electron chi connectivity index (χ0n) is 11.9. The van der Waals surface area contributed by atoms with Gasteiger partial charge in [-0.05, 0) is 12.1 Å². The van der Waals surface area contributed by atoms with Gasteiger partial charge < -0.3 is 20.4 Å². The average Bonchev–Trinajstić information content (AvgIpc) is 3.02. The molecule has 1 aromatic carbocycles. The number of halogens is 1. The fourth-order valence-electron chi connectivity index (χ4n) is 1.67. The first-order valence-electron chi connectivity index (χ1n) is 6.67. The Bertz CT molecular complexity index is 650. The molecule has 5 N–H and O–H groups in total. The van der Waals surface area contributed by atoms with E-state index in [1.807, 2.05) is 17.5 Å². The molecule has 0 aliphatic carbocycles. The molecule has 0 radical (unpaired) electrons. The molecule has 2 rings (SSSR count). The molecule has 0 unspecified atom stereocenters. The Morgan fingerprint density at radius 3 is 2.61 bits per heavy atom. The Labute approximate surface area is 141 Å². The van der Waals surface area contributed by atoms with Crippen LogP contribution in [0, 0.1) is 0 Å². The molecule has 0 spiro atoms. The van der Waals surface area contributed by atoms with Crippen molar-refractivity contribution >= 4 is 34.3 Å². The molecule has 9 heteroatoms. The van der Waals surface area contributed by atoms with E-state index in [1.54, 1.807) is 12.1 Å². The van der Waals surface area contributed by atoms with Gasteiger partial charge >= 0.3 is 0 Å². The topological polar surface area (TPSA) is 118 Å². The van der Waals surface area contributed by atoms with Gasteiger partial charge in [0.05, 0.1) is 18.5 Å². The van der Waals surface area contributed by atoms with E-state index in [2.05, 4.69) is 15.5 Å². The number of aliphatic hydroxyl groups is 4. The highest BCUT2D eigenvalue weighted by Crippen LogP contribution is 2.25. The van der Waals surface area contributed by atoms with Crippen LogP contribution in [0.5, 0.6) is 0 Å². The second-order valence-corrected chi connectivity index (χ2v) is 5.96. The third-order valence-electron chi connectivity index (χ3n) is 2.96. The third kappa shape index (κ3) is 4.96. The van der Waals surface area contributed by atoms with Crippen molar-refractivity contribution < 1.29 is 20.4 Å². The lowest BCUT2D eigenvalue weighted by Crippen LogP contribution is -2.40. The summed E-state index contributed by atoms with van der Waals surface area (Å²) < 4.78 is 0. The van der Waals surface area contributed by atoms with E-state index in [-0.39, 0.29) is 0 Å². The van der Waals surface area contributed by atoms with Gasteiger partial charge in [0, 0.05) is 16.0 Å². The smallest absolute Gasteiger partial charge is 0.203 e. The van der Waals surface area contributed by atoms with Crippen molar-refractivity contribution in [3.8, 4) is 11.3 Å². The SMILES string of the molecule is OC[C@@H](O)[C@@H](O)[C@@H](O)/C=N/Nc1nc(-c2ccc(Cl)cc2)cs1. The van der Waals surface area contributed by atoms with Crippen molar-refractivity contribution in [1.82, 2.24) is 4.98 Å². The fraction of sp³-hybridized carbons (Fsp3) is 0.286. The second kappa shape index (κ2) is 8.34. The Morgan fingerprint density at radius 2 is 1.96 bits per heavy atom. The summed E-state index contributed by atoms with van der Waals surface area (Å²) in [6.07, 6.45) is -3.35. The summed E-state index contributed by atoms with van der Waals surface area (Å²) in [5, 5.41) is 43.6. The molecule has 3 atom stereocenters. The number of anilines is 1. The van der Waals surface area contributed by atoms with Gasteiger partial charge in [-0.3, -0.25) is 5.43 Å². The number of hydrogen-bond acceptors (Lipinski definition) is 8. The zero-order chi connectivity index (χ0) is 16.8. The molecule has 23 heavy (non-hydrogen) atoms. The number of aromatic nitrogens is 1. The lowest BCUT2D eigenvalue weighted by Gasteiger charge is -2.17. The highest BCUT2D eigenvalue weighted by Gasteiger charge is 2.22. The zero-order valence-corrected chi connectivity index (χ0v) is 13.4. The average molecular weight is 358 g/mol. The minimum atomic E-state index is -1.52. The van der Waals surface area contributed by atoms with E-state index in [1.165, 1.54) is 11.3 Å². The van der Waals surface area contributed by atoms with Crippen LogP contribution in [0.15, 0.2) is 34.7 Å². The van der Waals surface area contributed by atoms with Crippen LogP contribution >= 0.6 is 22.9 Å². The van der Waals surface area contributed by atoms with Crippen LogP contribution in [-0.4, -0.2) is 56.5 Å². The number of thiazole rings is 1. The quantitative estimate of drug-likeness (QED) is 0.372. The fourth-order valence-corrected chi connectivity index (χ4v) is 2.47. The van der Waals surface area contributed by atoms with Crippen molar-refractivity contribution in [1.29, 1.82) is 0 Å². The first-order chi connectivity index (χ1) is 11.0. The molecule has 0 aliphatic rings. The molecule has 7 nitrogen and oxygen atoms in total. The molecular formula is C14H16ClN3O4S. The molecule has 0 bridgehead atoms. The first kappa shape index (κ1) is 17.8. The molecule has 124 valence electrons. The predicted octanol–water partition coefficient (Wildman–Crippen LogP) is 0.936. The number of hydrogen-bond donors (Lipinski definition) is 5.